The number of hydrogen-bond acceptors (Lipinski definition) is 4. The summed E-state index contributed by atoms with van der Waals surface area (Å²) >= 11 is 0. The second-order valence-electron chi connectivity index (χ2n) is 6.54. The first-order chi connectivity index (χ1) is 13.0. The third kappa shape index (κ3) is 3.79. The number of aromatic nitrogens is 4. The molecule has 0 saturated heterocycles. The Labute approximate surface area is 154 Å². The minimum atomic E-state index is -4.49. The molecule has 0 radical (unpaired) electrons. The van der Waals surface area contributed by atoms with E-state index in [-0.39, 0.29) is 12.0 Å². The van der Waals surface area contributed by atoms with Gasteiger partial charge in [0.25, 0.3) is 0 Å². The molecule has 0 spiro atoms. The molecule has 1 aliphatic carbocycles. The van der Waals surface area contributed by atoms with Crippen molar-refractivity contribution < 1.29 is 13.2 Å². The van der Waals surface area contributed by atoms with E-state index in [0.29, 0.717) is 6.54 Å². The number of rotatable bonds is 4. The van der Waals surface area contributed by atoms with Crippen molar-refractivity contribution in [1.29, 1.82) is 0 Å². The van der Waals surface area contributed by atoms with Crippen molar-refractivity contribution >= 4 is 5.95 Å². The summed E-state index contributed by atoms with van der Waals surface area (Å²) in [5.74, 6) is -0.0153. The molecule has 4 rings (SSSR count). The molecular formula is C19H18F3N5. The maximum atomic E-state index is 12.9. The van der Waals surface area contributed by atoms with E-state index < -0.39 is 11.9 Å². The standard InChI is InChI=1S/C19H18F3N5/c20-19(21,22)17-9-10-23-18(26-17)25-15-7-4-8-16-14(15)11-24-27(16)12-13-5-2-1-3-6-13/h1-3,5-6,9-11,15H,4,7-8,12H2,(H,23,25,26)/t15-/m1/s1. The number of benzene rings is 1. The van der Waals surface area contributed by atoms with Crippen LogP contribution in [0.15, 0.2) is 48.8 Å². The minimum Gasteiger partial charge on any atom is -0.347 e. The normalized spacial score (nSPS) is 16.8. The molecule has 0 aliphatic heterocycles. The first kappa shape index (κ1) is 17.5. The molecule has 1 aliphatic rings. The van der Waals surface area contributed by atoms with Crippen molar-refractivity contribution in [3.05, 3.63) is 71.3 Å². The van der Waals surface area contributed by atoms with Gasteiger partial charge in [0.1, 0.15) is 5.69 Å². The second kappa shape index (κ2) is 7.02. The lowest BCUT2D eigenvalue weighted by molar-refractivity contribution is -0.141. The van der Waals surface area contributed by atoms with Gasteiger partial charge in [0, 0.05) is 17.5 Å². The van der Waals surface area contributed by atoms with E-state index in [4.69, 9.17) is 0 Å². The zero-order chi connectivity index (χ0) is 18.9. The predicted molar refractivity (Wildman–Crippen MR) is 94.1 cm³/mol. The molecule has 1 N–H and O–H groups in total. The van der Waals surface area contributed by atoms with Crippen molar-refractivity contribution in [3.8, 4) is 0 Å². The van der Waals surface area contributed by atoms with Crippen LogP contribution in [-0.2, 0) is 19.1 Å². The fourth-order valence-electron chi connectivity index (χ4n) is 3.40. The van der Waals surface area contributed by atoms with Gasteiger partial charge in [-0.25, -0.2) is 9.97 Å². The predicted octanol–water partition coefficient (Wildman–Crippen LogP) is 4.23. The van der Waals surface area contributed by atoms with Crippen LogP contribution in [0.3, 0.4) is 0 Å². The third-order valence-corrected chi connectivity index (χ3v) is 4.69. The quantitative estimate of drug-likeness (QED) is 0.744. The average Bonchev–Trinajstić information content (AvgIpc) is 3.06. The Bertz CT molecular complexity index is 921. The van der Waals surface area contributed by atoms with E-state index in [0.717, 1.165) is 48.3 Å². The van der Waals surface area contributed by atoms with Gasteiger partial charge in [0.15, 0.2) is 0 Å². The van der Waals surface area contributed by atoms with Crippen molar-refractivity contribution in [2.45, 2.75) is 38.0 Å². The third-order valence-electron chi connectivity index (χ3n) is 4.69. The molecule has 3 aromatic rings. The van der Waals surface area contributed by atoms with Gasteiger partial charge in [-0.15, -0.1) is 0 Å². The van der Waals surface area contributed by atoms with Crippen molar-refractivity contribution in [3.63, 3.8) is 0 Å². The number of alkyl halides is 3. The molecule has 0 bridgehead atoms. The highest BCUT2D eigenvalue weighted by atomic mass is 19.4. The first-order valence-electron chi connectivity index (χ1n) is 8.76. The molecule has 1 aromatic carbocycles. The van der Waals surface area contributed by atoms with Crippen molar-refractivity contribution in [2.24, 2.45) is 0 Å². The Morgan fingerprint density at radius 2 is 1.96 bits per heavy atom. The summed E-state index contributed by atoms with van der Waals surface area (Å²) in [7, 11) is 0. The summed E-state index contributed by atoms with van der Waals surface area (Å²) in [6.45, 7) is 0.670. The monoisotopic (exact) mass is 373 g/mol. The summed E-state index contributed by atoms with van der Waals surface area (Å²) in [6, 6.07) is 10.8. The van der Waals surface area contributed by atoms with E-state index >= 15 is 0 Å². The van der Waals surface area contributed by atoms with Crippen LogP contribution in [0.1, 0.15) is 41.4 Å². The molecule has 2 heterocycles. The van der Waals surface area contributed by atoms with Crippen LogP contribution < -0.4 is 5.32 Å². The molecule has 0 amide bonds. The molecule has 27 heavy (non-hydrogen) atoms. The molecule has 5 nitrogen and oxygen atoms in total. The van der Waals surface area contributed by atoms with Gasteiger partial charge in [-0.3, -0.25) is 4.68 Å². The fourth-order valence-corrected chi connectivity index (χ4v) is 3.40. The number of nitrogens with zero attached hydrogens (tertiary/aromatic N) is 4. The van der Waals surface area contributed by atoms with Crippen LogP contribution in [0, 0.1) is 0 Å². The molecule has 1 atom stereocenters. The van der Waals surface area contributed by atoms with Gasteiger partial charge in [0.05, 0.1) is 18.8 Å². The zero-order valence-electron chi connectivity index (χ0n) is 14.4. The van der Waals surface area contributed by atoms with Crippen LogP contribution in [0.25, 0.3) is 0 Å². The Kier molecular flexibility index (Phi) is 4.55. The van der Waals surface area contributed by atoms with E-state index in [1.165, 1.54) is 0 Å². The summed E-state index contributed by atoms with van der Waals surface area (Å²) in [4.78, 5) is 7.56. The molecule has 8 heteroatoms. The van der Waals surface area contributed by atoms with Crippen LogP contribution in [0.5, 0.6) is 0 Å². The van der Waals surface area contributed by atoms with E-state index in [9.17, 15) is 13.2 Å². The lowest BCUT2D eigenvalue weighted by Crippen LogP contribution is -2.20. The highest BCUT2D eigenvalue weighted by molar-refractivity contribution is 5.36. The van der Waals surface area contributed by atoms with E-state index in [2.05, 4.69) is 20.4 Å². The Morgan fingerprint density at radius 3 is 2.74 bits per heavy atom. The summed E-state index contributed by atoms with van der Waals surface area (Å²) in [5, 5.41) is 7.55. The topological polar surface area (TPSA) is 55.6 Å². The highest BCUT2D eigenvalue weighted by Crippen LogP contribution is 2.33. The van der Waals surface area contributed by atoms with Crippen LogP contribution in [0.2, 0.25) is 0 Å². The molecule has 0 unspecified atom stereocenters. The van der Waals surface area contributed by atoms with Crippen LogP contribution >= 0.6 is 0 Å². The van der Waals surface area contributed by atoms with Gasteiger partial charge < -0.3 is 5.32 Å². The van der Waals surface area contributed by atoms with Gasteiger partial charge in [0.2, 0.25) is 5.95 Å². The number of fused-ring (bicyclic) bond motifs is 1. The van der Waals surface area contributed by atoms with E-state index in [1.807, 2.05) is 35.0 Å². The second-order valence-corrected chi connectivity index (χ2v) is 6.54. The number of halogens is 3. The first-order valence-corrected chi connectivity index (χ1v) is 8.76. The van der Waals surface area contributed by atoms with Gasteiger partial charge >= 0.3 is 6.18 Å². The summed E-state index contributed by atoms with van der Waals surface area (Å²) in [6.07, 6.45) is 1.04. The van der Waals surface area contributed by atoms with Gasteiger partial charge in [-0.2, -0.15) is 18.3 Å². The fraction of sp³-hybridized carbons (Fsp3) is 0.316. The smallest absolute Gasteiger partial charge is 0.347 e. The lowest BCUT2D eigenvalue weighted by Gasteiger charge is -2.24. The number of nitrogens with one attached hydrogen (secondary N) is 1. The van der Waals surface area contributed by atoms with Crippen molar-refractivity contribution in [1.82, 2.24) is 19.7 Å². The summed E-state index contributed by atoms with van der Waals surface area (Å²) < 4.78 is 40.6. The maximum Gasteiger partial charge on any atom is 0.433 e. The minimum absolute atomic E-state index is 0.0153. The number of hydrogen-bond donors (Lipinski definition) is 1. The maximum absolute atomic E-state index is 12.9. The molecular weight excluding hydrogens is 355 g/mol. The van der Waals surface area contributed by atoms with Gasteiger partial charge in [-0.1, -0.05) is 30.3 Å². The molecule has 2 aromatic heterocycles. The Hall–Kier alpha value is -2.90. The lowest BCUT2D eigenvalue weighted by atomic mass is 9.93. The number of anilines is 1. The van der Waals surface area contributed by atoms with Crippen LogP contribution in [0.4, 0.5) is 19.1 Å². The largest absolute Gasteiger partial charge is 0.433 e. The summed E-state index contributed by atoms with van der Waals surface area (Å²) in [5.41, 5.74) is 2.31. The van der Waals surface area contributed by atoms with Crippen molar-refractivity contribution in [2.75, 3.05) is 5.32 Å². The van der Waals surface area contributed by atoms with Crippen LogP contribution in [-0.4, -0.2) is 19.7 Å². The molecule has 0 saturated carbocycles. The molecule has 0 fully saturated rings. The zero-order valence-corrected chi connectivity index (χ0v) is 14.4. The highest BCUT2D eigenvalue weighted by Gasteiger charge is 2.33. The Balaban J connectivity index is 1.56. The van der Waals surface area contributed by atoms with Gasteiger partial charge in [-0.05, 0) is 30.9 Å². The Morgan fingerprint density at radius 1 is 1.15 bits per heavy atom. The SMILES string of the molecule is FC(F)(F)c1ccnc(N[C@@H]2CCCc3c2cnn3Cc2ccccc2)n1. The average molecular weight is 373 g/mol. The van der Waals surface area contributed by atoms with E-state index in [1.54, 1.807) is 6.20 Å². The molecule has 140 valence electrons.